The van der Waals surface area contributed by atoms with Crippen LogP contribution in [0.5, 0.6) is 5.75 Å². The minimum absolute atomic E-state index is 0.222. The summed E-state index contributed by atoms with van der Waals surface area (Å²) in [5.41, 5.74) is 2.31. The van der Waals surface area contributed by atoms with Gasteiger partial charge in [-0.25, -0.2) is 9.18 Å². The fraction of sp³-hybridized carbons (Fsp3) is 0.174. The number of quaternary nitrogens is 1. The lowest BCUT2D eigenvalue weighted by Gasteiger charge is -2.26. The van der Waals surface area contributed by atoms with Crippen molar-refractivity contribution in [2.45, 2.75) is 13.0 Å². The second kappa shape index (κ2) is 6.77. The number of benzene rings is 3. The molecule has 1 atom stereocenters. The van der Waals surface area contributed by atoms with Gasteiger partial charge in [0.2, 0.25) is 6.73 Å². The first-order valence-corrected chi connectivity index (χ1v) is 9.37. The molecule has 0 amide bonds. The third kappa shape index (κ3) is 2.94. The maximum absolute atomic E-state index is 13.1. The first-order valence-electron chi connectivity index (χ1n) is 9.37. The van der Waals surface area contributed by atoms with Gasteiger partial charge in [0, 0.05) is 11.8 Å². The zero-order chi connectivity index (χ0) is 19.1. The third-order valence-corrected chi connectivity index (χ3v) is 5.39. The van der Waals surface area contributed by atoms with Gasteiger partial charge in [-0.15, -0.1) is 0 Å². The molecule has 1 aliphatic rings. The van der Waals surface area contributed by atoms with E-state index in [0.29, 0.717) is 17.7 Å². The van der Waals surface area contributed by atoms with Gasteiger partial charge < -0.3 is 9.15 Å². The molecule has 0 fully saturated rings. The SMILES string of the molecule is O=c1oc2c3c(ccc2c2ccccc12)OC[NH+](CCc1ccc(F)cc1)C3. The lowest BCUT2D eigenvalue weighted by atomic mass is 10.0. The molecule has 140 valence electrons. The molecule has 3 aromatic carbocycles. The summed E-state index contributed by atoms with van der Waals surface area (Å²) in [5, 5.41) is 2.42. The summed E-state index contributed by atoms with van der Waals surface area (Å²) in [5.74, 6) is 0.552. The molecule has 4 aromatic rings. The molecule has 0 radical (unpaired) electrons. The predicted molar refractivity (Wildman–Crippen MR) is 105 cm³/mol. The Morgan fingerprint density at radius 3 is 2.54 bits per heavy atom. The van der Waals surface area contributed by atoms with Crippen LogP contribution < -0.4 is 15.3 Å². The van der Waals surface area contributed by atoms with Crippen molar-refractivity contribution >= 4 is 21.7 Å². The van der Waals surface area contributed by atoms with Gasteiger partial charge in [-0.2, -0.15) is 0 Å². The summed E-state index contributed by atoms with van der Waals surface area (Å²) in [6, 6.07) is 18.0. The molecule has 0 saturated carbocycles. The average Bonchev–Trinajstić information content (AvgIpc) is 2.73. The van der Waals surface area contributed by atoms with Crippen molar-refractivity contribution in [1.29, 1.82) is 0 Å². The molecule has 0 saturated heterocycles. The molecule has 0 aliphatic carbocycles. The molecule has 1 aliphatic heterocycles. The van der Waals surface area contributed by atoms with E-state index in [0.717, 1.165) is 47.2 Å². The number of halogens is 1. The van der Waals surface area contributed by atoms with Crippen molar-refractivity contribution in [1.82, 2.24) is 0 Å². The van der Waals surface area contributed by atoms with Crippen LogP contribution in [0.4, 0.5) is 4.39 Å². The van der Waals surface area contributed by atoms with Crippen molar-refractivity contribution in [3.63, 3.8) is 0 Å². The van der Waals surface area contributed by atoms with Crippen LogP contribution in [0.3, 0.4) is 0 Å². The third-order valence-electron chi connectivity index (χ3n) is 5.39. The van der Waals surface area contributed by atoms with E-state index in [9.17, 15) is 9.18 Å². The molecule has 28 heavy (non-hydrogen) atoms. The molecule has 0 spiro atoms. The highest BCUT2D eigenvalue weighted by Gasteiger charge is 2.25. The van der Waals surface area contributed by atoms with Gasteiger partial charge >= 0.3 is 5.63 Å². The van der Waals surface area contributed by atoms with Gasteiger partial charge in [0.05, 0.1) is 17.5 Å². The number of fused-ring (bicyclic) bond motifs is 5. The summed E-state index contributed by atoms with van der Waals surface area (Å²) in [7, 11) is 0. The highest BCUT2D eigenvalue weighted by atomic mass is 19.1. The molecule has 4 nitrogen and oxygen atoms in total. The van der Waals surface area contributed by atoms with Crippen molar-refractivity contribution < 1.29 is 18.4 Å². The number of hydrogen-bond donors (Lipinski definition) is 1. The normalized spacial score (nSPS) is 16.1. The molecule has 5 rings (SSSR count). The summed E-state index contributed by atoms with van der Waals surface area (Å²) >= 11 is 0. The van der Waals surface area contributed by atoms with E-state index >= 15 is 0 Å². The zero-order valence-corrected chi connectivity index (χ0v) is 15.2. The Morgan fingerprint density at radius 1 is 0.929 bits per heavy atom. The summed E-state index contributed by atoms with van der Waals surface area (Å²) in [6.07, 6.45) is 0.825. The Kier molecular flexibility index (Phi) is 4.10. The minimum Gasteiger partial charge on any atom is -0.445 e. The molecular weight excluding hydrogens is 357 g/mol. The molecule has 1 aromatic heterocycles. The van der Waals surface area contributed by atoms with Crippen LogP contribution in [0.2, 0.25) is 0 Å². The van der Waals surface area contributed by atoms with Gasteiger partial charge in [0.15, 0.2) is 5.58 Å². The highest BCUT2D eigenvalue weighted by Crippen LogP contribution is 2.31. The van der Waals surface area contributed by atoms with Crippen LogP contribution in [-0.2, 0) is 13.0 Å². The number of hydrogen-bond acceptors (Lipinski definition) is 3. The smallest absolute Gasteiger partial charge is 0.344 e. The molecule has 0 bridgehead atoms. The van der Waals surface area contributed by atoms with Crippen molar-refractivity contribution in [3.05, 3.63) is 88.0 Å². The highest BCUT2D eigenvalue weighted by molar-refractivity contribution is 6.05. The van der Waals surface area contributed by atoms with Crippen molar-refractivity contribution in [2.24, 2.45) is 0 Å². The van der Waals surface area contributed by atoms with Crippen LogP contribution in [0.1, 0.15) is 11.1 Å². The summed E-state index contributed by atoms with van der Waals surface area (Å²) in [6.45, 7) is 2.12. The van der Waals surface area contributed by atoms with Crippen molar-refractivity contribution in [3.8, 4) is 5.75 Å². The van der Waals surface area contributed by atoms with Gasteiger partial charge in [0.1, 0.15) is 18.1 Å². The standard InChI is InChI=1S/C23H18FNO3/c24-16-7-5-15(6-8-16)11-12-25-13-20-21(27-14-25)10-9-18-17-3-1-2-4-19(17)23(26)28-22(18)20/h1-10H,11-14H2/p+1. The predicted octanol–water partition coefficient (Wildman–Crippen LogP) is 3.06. The lowest BCUT2D eigenvalue weighted by molar-refractivity contribution is -0.932. The quantitative estimate of drug-likeness (QED) is 0.442. The Balaban J connectivity index is 1.48. The molecule has 2 heterocycles. The van der Waals surface area contributed by atoms with E-state index in [4.69, 9.17) is 9.15 Å². The van der Waals surface area contributed by atoms with Crippen LogP contribution in [0.25, 0.3) is 21.7 Å². The van der Waals surface area contributed by atoms with Gasteiger partial charge in [-0.05, 0) is 41.3 Å². The first kappa shape index (κ1) is 17.0. The van der Waals surface area contributed by atoms with E-state index in [2.05, 4.69) is 0 Å². The van der Waals surface area contributed by atoms with Crippen LogP contribution in [-0.4, -0.2) is 13.3 Å². The van der Waals surface area contributed by atoms with Crippen LogP contribution in [0.15, 0.2) is 69.9 Å². The van der Waals surface area contributed by atoms with Crippen molar-refractivity contribution in [2.75, 3.05) is 13.3 Å². The van der Waals surface area contributed by atoms with Gasteiger partial charge in [0.25, 0.3) is 0 Å². The molecular formula is C23H19FNO3+. The number of nitrogens with one attached hydrogen (secondary N) is 1. The Bertz CT molecular complexity index is 1230. The lowest BCUT2D eigenvalue weighted by Crippen LogP contribution is -3.12. The largest absolute Gasteiger partial charge is 0.445 e. The maximum atomic E-state index is 13.1. The molecule has 1 unspecified atom stereocenters. The number of ether oxygens (including phenoxy) is 1. The van der Waals surface area contributed by atoms with E-state index in [1.54, 1.807) is 6.07 Å². The zero-order valence-electron chi connectivity index (χ0n) is 15.2. The second-order valence-corrected chi connectivity index (χ2v) is 7.20. The van der Waals surface area contributed by atoms with E-state index < -0.39 is 0 Å². The maximum Gasteiger partial charge on any atom is 0.344 e. The van der Waals surface area contributed by atoms with Crippen LogP contribution >= 0.6 is 0 Å². The molecule has 5 heteroatoms. The Morgan fingerprint density at radius 2 is 1.71 bits per heavy atom. The van der Waals surface area contributed by atoms with E-state index in [1.807, 2.05) is 42.5 Å². The fourth-order valence-corrected chi connectivity index (χ4v) is 3.90. The van der Waals surface area contributed by atoms with Gasteiger partial charge in [-0.3, -0.25) is 4.90 Å². The first-order chi connectivity index (χ1) is 13.7. The monoisotopic (exact) mass is 376 g/mol. The Hall–Kier alpha value is -3.18. The molecule has 1 N–H and O–H groups in total. The number of rotatable bonds is 3. The minimum atomic E-state index is -0.324. The van der Waals surface area contributed by atoms with E-state index in [-0.39, 0.29) is 11.4 Å². The summed E-state index contributed by atoms with van der Waals surface area (Å²) < 4.78 is 24.7. The summed E-state index contributed by atoms with van der Waals surface area (Å²) in [4.78, 5) is 13.7. The van der Waals surface area contributed by atoms with Crippen LogP contribution in [0, 0.1) is 5.82 Å². The Labute approximate surface area is 160 Å². The topological polar surface area (TPSA) is 43.9 Å². The average molecular weight is 376 g/mol. The fourth-order valence-electron chi connectivity index (χ4n) is 3.90. The van der Waals surface area contributed by atoms with Gasteiger partial charge in [-0.1, -0.05) is 30.3 Å². The second-order valence-electron chi connectivity index (χ2n) is 7.20. The van der Waals surface area contributed by atoms with E-state index in [1.165, 1.54) is 17.0 Å².